The number of methoxy groups -OCH3 is 1. The van der Waals surface area contributed by atoms with E-state index in [1.54, 1.807) is 46.8 Å². The average molecular weight is 400 g/mol. The zero-order valence-electron chi connectivity index (χ0n) is 16.8. The first-order valence-corrected chi connectivity index (χ1v) is 9.90. The predicted molar refractivity (Wildman–Crippen MR) is 101 cm³/mol. The Balaban J connectivity index is 3.03. The molecule has 0 heterocycles. The molecule has 0 fully saturated rings. The van der Waals surface area contributed by atoms with E-state index in [0.717, 1.165) is 12.7 Å². The van der Waals surface area contributed by atoms with Crippen molar-refractivity contribution in [2.24, 2.45) is 0 Å². The van der Waals surface area contributed by atoms with Gasteiger partial charge in [0.25, 0.3) is 0 Å². The van der Waals surface area contributed by atoms with Crippen LogP contribution in [0.3, 0.4) is 0 Å². The highest BCUT2D eigenvalue weighted by atomic mass is 32.2. The van der Waals surface area contributed by atoms with E-state index < -0.39 is 33.7 Å². The minimum atomic E-state index is -4.02. The van der Waals surface area contributed by atoms with Crippen LogP contribution >= 0.6 is 0 Å². The van der Waals surface area contributed by atoms with Gasteiger partial charge in [0.2, 0.25) is 10.0 Å². The minimum absolute atomic E-state index is 0.0965. The van der Waals surface area contributed by atoms with Gasteiger partial charge in [-0.1, -0.05) is 17.7 Å². The highest BCUT2D eigenvalue weighted by Crippen LogP contribution is 2.22. The van der Waals surface area contributed by atoms with Crippen LogP contribution in [0.4, 0.5) is 4.79 Å². The number of hydrogen-bond acceptors (Lipinski definition) is 6. The number of sulfonamides is 1. The SMILES string of the molecule is COC(=O)[C@H](CNC(=O)OC(C)(C)C)NS(=O)(=O)c1c(C)cc(C)cc1C. The van der Waals surface area contributed by atoms with E-state index in [9.17, 15) is 18.0 Å². The molecule has 152 valence electrons. The number of amides is 1. The fourth-order valence-corrected chi connectivity index (χ4v) is 4.29. The maximum atomic E-state index is 12.8. The number of alkyl carbamates (subject to hydrolysis) is 1. The van der Waals surface area contributed by atoms with Crippen molar-refractivity contribution in [3.8, 4) is 0 Å². The van der Waals surface area contributed by atoms with Crippen LogP contribution in [0, 0.1) is 20.8 Å². The van der Waals surface area contributed by atoms with Gasteiger partial charge in [0.05, 0.1) is 12.0 Å². The maximum Gasteiger partial charge on any atom is 0.407 e. The molecule has 0 aliphatic heterocycles. The summed E-state index contributed by atoms with van der Waals surface area (Å²) in [5, 5.41) is 2.38. The van der Waals surface area contributed by atoms with Crippen LogP contribution in [0.25, 0.3) is 0 Å². The van der Waals surface area contributed by atoms with Crippen molar-refractivity contribution >= 4 is 22.1 Å². The molecule has 0 unspecified atom stereocenters. The van der Waals surface area contributed by atoms with Gasteiger partial charge in [-0.05, 0) is 52.7 Å². The van der Waals surface area contributed by atoms with Gasteiger partial charge in [0, 0.05) is 6.54 Å². The van der Waals surface area contributed by atoms with Crippen LogP contribution < -0.4 is 10.0 Å². The summed E-state index contributed by atoms with van der Waals surface area (Å²) in [6, 6.07) is 2.19. The second kappa shape index (κ2) is 8.71. The average Bonchev–Trinajstić information content (AvgIpc) is 2.47. The summed E-state index contributed by atoms with van der Waals surface area (Å²) in [4.78, 5) is 23.9. The van der Waals surface area contributed by atoms with Gasteiger partial charge in [-0.2, -0.15) is 4.72 Å². The maximum absolute atomic E-state index is 12.8. The van der Waals surface area contributed by atoms with Gasteiger partial charge in [-0.25, -0.2) is 13.2 Å². The van der Waals surface area contributed by atoms with Crippen molar-refractivity contribution in [2.45, 2.75) is 58.1 Å². The van der Waals surface area contributed by atoms with E-state index in [1.807, 2.05) is 6.92 Å². The zero-order chi connectivity index (χ0) is 21.0. The number of carbonyl (C=O) groups is 2. The van der Waals surface area contributed by atoms with E-state index >= 15 is 0 Å². The second-order valence-corrected chi connectivity index (χ2v) is 8.96. The lowest BCUT2D eigenvalue weighted by molar-refractivity contribution is -0.142. The fourth-order valence-electron chi connectivity index (χ4n) is 2.65. The van der Waals surface area contributed by atoms with Gasteiger partial charge in [-0.15, -0.1) is 0 Å². The third kappa shape index (κ3) is 6.84. The quantitative estimate of drug-likeness (QED) is 0.706. The number of carbonyl (C=O) groups excluding carboxylic acids is 2. The summed E-state index contributed by atoms with van der Waals surface area (Å²) < 4.78 is 37.7. The molecule has 27 heavy (non-hydrogen) atoms. The van der Waals surface area contributed by atoms with E-state index in [4.69, 9.17) is 4.74 Å². The zero-order valence-corrected chi connectivity index (χ0v) is 17.6. The van der Waals surface area contributed by atoms with Crippen molar-refractivity contribution in [1.82, 2.24) is 10.0 Å². The first-order chi connectivity index (χ1) is 12.3. The first-order valence-electron chi connectivity index (χ1n) is 8.41. The van der Waals surface area contributed by atoms with Gasteiger partial charge in [0.15, 0.2) is 0 Å². The fraction of sp³-hybridized carbons (Fsp3) is 0.556. The third-order valence-electron chi connectivity index (χ3n) is 3.51. The molecular weight excluding hydrogens is 372 g/mol. The number of aryl methyl sites for hydroxylation is 3. The Morgan fingerprint density at radius 2 is 1.63 bits per heavy atom. The molecule has 8 nitrogen and oxygen atoms in total. The number of hydrogen-bond donors (Lipinski definition) is 2. The largest absolute Gasteiger partial charge is 0.468 e. The van der Waals surface area contributed by atoms with E-state index in [2.05, 4.69) is 14.8 Å². The number of benzene rings is 1. The predicted octanol–water partition coefficient (Wildman–Crippen LogP) is 1.96. The molecule has 1 aromatic rings. The molecule has 0 radical (unpaired) electrons. The normalized spacial score (nSPS) is 13.0. The highest BCUT2D eigenvalue weighted by molar-refractivity contribution is 7.89. The van der Waals surface area contributed by atoms with Crippen LogP contribution in [0.5, 0.6) is 0 Å². The topological polar surface area (TPSA) is 111 Å². The Bertz CT molecular complexity index is 789. The van der Waals surface area contributed by atoms with E-state index in [1.165, 1.54) is 0 Å². The molecule has 1 atom stereocenters. The Kier molecular flexibility index (Phi) is 7.39. The molecule has 0 aromatic heterocycles. The number of ether oxygens (including phenoxy) is 2. The van der Waals surface area contributed by atoms with Crippen molar-refractivity contribution in [2.75, 3.05) is 13.7 Å². The Morgan fingerprint density at radius 3 is 2.07 bits per heavy atom. The summed E-state index contributed by atoms with van der Waals surface area (Å²) in [6.45, 7) is 9.99. The summed E-state index contributed by atoms with van der Waals surface area (Å²) in [7, 11) is -2.88. The lowest BCUT2D eigenvalue weighted by Gasteiger charge is -2.22. The van der Waals surface area contributed by atoms with Gasteiger partial charge < -0.3 is 14.8 Å². The summed E-state index contributed by atoms with van der Waals surface area (Å²) in [6.07, 6.45) is -0.765. The molecule has 0 spiro atoms. The lowest BCUT2D eigenvalue weighted by Crippen LogP contribution is -2.49. The molecular formula is C18H28N2O6S. The standard InChI is InChI=1S/C18H28N2O6S/c1-11-8-12(2)15(13(3)9-11)27(23,24)20-14(16(21)25-7)10-19-17(22)26-18(4,5)6/h8-9,14,20H,10H2,1-7H3,(H,19,22)/t14-/m0/s1. The Morgan fingerprint density at radius 1 is 1.11 bits per heavy atom. The summed E-state index contributed by atoms with van der Waals surface area (Å²) in [5.74, 6) is -0.822. The van der Waals surface area contributed by atoms with E-state index in [0.29, 0.717) is 11.1 Å². The van der Waals surface area contributed by atoms with E-state index in [-0.39, 0.29) is 11.4 Å². The highest BCUT2D eigenvalue weighted by Gasteiger charge is 2.29. The van der Waals surface area contributed by atoms with Crippen LogP contribution in [-0.4, -0.2) is 45.8 Å². The van der Waals surface area contributed by atoms with Crippen molar-refractivity contribution in [1.29, 1.82) is 0 Å². The van der Waals surface area contributed by atoms with Crippen molar-refractivity contribution in [3.05, 3.63) is 28.8 Å². The van der Waals surface area contributed by atoms with Gasteiger partial charge in [-0.3, -0.25) is 4.79 Å². The first kappa shape index (κ1) is 22.9. The number of rotatable bonds is 6. The summed E-state index contributed by atoms with van der Waals surface area (Å²) in [5.41, 5.74) is 1.33. The molecule has 0 bridgehead atoms. The van der Waals surface area contributed by atoms with Gasteiger partial charge >= 0.3 is 12.1 Å². The molecule has 1 amide bonds. The monoisotopic (exact) mass is 400 g/mol. The smallest absolute Gasteiger partial charge is 0.407 e. The van der Waals surface area contributed by atoms with Crippen LogP contribution in [-0.2, 0) is 24.3 Å². The minimum Gasteiger partial charge on any atom is -0.468 e. The molecule has 0 saturated heterocycles. The number of nitrogens with one attached hydrogen (secondary N) is 2. The van der Waals surface area contributed by atoms with Crippen LogP contribution in [0.1, 0.15) is 37.5 Å². The van der Waals surface area contributed by atoms with Crippen LogP contribution in [0.2, 0.25) is 0 Å². The molecule has 0 aliphatic carbocycles. The van der Waals surface area contributed by atoms with Gasteiger partial charge in [0.1, 0.15) is 11.6 Å². The molecule has 0 aliphatic rings. The molecule has 2 N–H and O–H groups in total. The number of esters is 1. The lowest BCUT2D eigenvalue weighted by atomic mass is 10.1. The Hall–Kier alpha value is -2.13. The Labute approximate surface area is 160 Å². The molecule has 1 rings (SSSR count). The summed E-state index contributed by atoms with van der Waals surface area (Å²) >= 11 is 0. The van der Waals surface area contributed by atoms with Crippen molar-refractivity contribution < 1.29 is 27.5 Å². The molecule has 9 heteroatoms. The van der Waals surface area contributed by atoms with Crippen molar-refractivity contribution in [3.63, 3.8) is 0 Å². The molecule has 1 aromatic carbocycles. The second-order valence-electron chi connectivity index (χ2n) is 7.31. The van der Waals surface area contributed by atoms with Crippen LogP contribution in [0.15, 0.2) is 17.0 Å². The third-order valence-corrected chi connectivity index (χ3v) is 5.28. The molecule has 0 saturated carbocycles.